The van der Waals surface area contributed by atoms with Gasteiger partial charge in [-0.1, -0.05) is 30.4 Å². The number of rotatable bonds is 6. The average molecular weight is 348 g/mol. The van der Waals surface area contributed by atoms with Crippen LogP contribution < -0.4 is 10.6 Å². The second kappa shape index (κ2) is 9.46. The molecule has 0 aliphatic heterocycles. The zero-order valence-electron chi connectivity index (χ0n) is 14.6. The van der Waals surface area contributed by atoms with Crippen LogP contribution in [0.1, 0.15) is 27.2 Å². The number of hydrogen-bond acceptors (Lipinski definition) is 4. The maximum atomic E-state index is 12.1. The van der Waals surface area contributed by atoms with E-state index in [4.69, 9.17) is 4.74 Å². The minimum Gasteiger partial charge on any atom is -0.480 e. The van der Waals surface area contributed by atoms with Crippen molar-refractivity contribution in [2.24, 2.45) is 0 Å². The molecule has 7 heteroatoms. The van der Waals surface area contributed by atoms with Crippen LogP contribution in [0.15, 0.2) is 48.1 Å². The van der Waals surface area contributed by atoms with Crippen LogP contribution in [0.4, 0.5) is 4.79 Å². The summed E-state index contributed by atoms with van der Waals surface area (Å²) in [6, 6.07) is -1.15. The Morgan fingerprint density at radius 3 is 2.40 bits per heavy atom. The summed E-state index contributed by atoms with van der Waals surface area (Å²) in [5.41, 5.74) is -0.270. The average Bonchev–Trinajstić information content (AvgIpc) is 2.43. The third-order valence-corrected chi connectivity index (χ3v) is 2.97. The maximum Gasteiger partial charge on any atom is 0.408 e. The molecule has 1 aliphatic rings. The summed E-state index contributed by atoms with van der Waals surface area (Å²) in [6.45, 7) is 5.14. The summed E-state index contributed by atoms with van der Waals surface area (Å²) < 4.78 is 5.03. The van der Waals surface area contributed by atoms with Gasteiger partial charge in [0.25, 0.3) is 5.91 Å². The molecule has 1 atom stereocenters. The Balaban J connectivity index is 2.51. The minimum absolute atomic E-state index is 0.0348. The molecule has 7 nitrogen and oxygen atoms in total. The second-order valence-electron chi connectivity index (χ2n) is 6.33. The highest BCUT2D eigenvalue weighted by atomic mass is 16.6. The van der Waals surface area contributed by atoms with Gasteiger partial charge in [-0.15, -0.1) is 0 Å². The summed E-state index contributed by atoms with van der Waals surface area (Å²) in [4.78, 5) is 35.0. The van der Waals surface area contributed by atoms with E-state index in [1.54, 1.807) is 57.2 Å². The Morgan fingerprint density at radius 1 is 1.12 bits per heavy atom. The van der Waals surface area contributed by atoms with E-state index in [0.717, 1.165) is 0 Å². The summed E-state index contributed by atoms with van der Waals surface area (Å²) in [5.74, 6) is -1.52. The van der Waals surface area contributed by atoms with E-state index < -0.39 is 23.7 Å². The number of carboxylic acid groups (broad SMARTS) is 1. The van der Waals surface area contributed by atoms with Crippen LogP contribution in [0.3, 0.4) is 0 Å². The van der Waals surface area contributed by atoms with Crippen molar-refractivity contribution >= 4 is 18.0 Å². The van der Waals surface area contributed by atoms with Crippen molar-refractivity contribution in [2.45, 2.75) is 38.8 Å². The lowest BCUT2D eigenvalue weighted by atomic mass is 10.1. The van der Waals surface area contributed by atoms with Gasteiger partial charge >= 0.3 is 12.1 Å². The Bertz CT molecular complexity index is 624. The summed E-state index contributed by atoms with van der Waals surface area (Å²) in [6.07, 6.45) is 11.4. The molecule has 0 aromatic heterocycles. The highest BCUT2D eigenvalue weighted by Crippen LogP contribution is 2.07. The van der Waals surface area contributed by atoms with Crippen LogP contribution in [-0.2, 0) is 14.3 Å². The monoisotopic (exact) mass is 348 g/mol. The first-order valence-corrected chi connectivity index (χ1v) is 7.91. The van der Waals surface area contributed by atoms with E-state index in [1.165, 1.54) is 0 Å². The summed E-state index contributed by atoms with van der Waals surface area (Å²) >= 11 is 0. The molecule has 3 N–H and O–H groups in total. The van der Waals surface area contributed by atoms with Crippen molar-refractivity contribution in [1.82, 2.24) is 10.6 Å². The van der Waals surface area contributed by atoms with Crippen LogP contribution in [0.25, 0.3) is 0 Å². The number of hydrogen-bond donors (Lipinski definition) is 3. The van der Waals surface area contributed by atoms with E-state index in [0.29, 0.717) is 5.57 Å². The molecule has 0 radical (unpaired) electrons. The molecule has 25 heavy (non-hydrogen) atoms. The maximum absolute atomic E-state index is 12.1. The molecule has 0 saturated heterocycles. The number of carbonyl (C=O) groups is 3. The zero-order chi connectivity index (χ0) is 18.9. The Labute approximate surface area is 147 Å². The highest BCUT2D eigenvalue weighted by Gasteiger charge is 2.23. The fraction of sp³-hybridized carbons (Fsp3) is 0.389. The van der Waals surface area contributed by atoms with Gasteiger partial charge in [0.2, 0.25) is 0 Å². The lowest BCUT2D eigenvalue weighted by molar-refractivity contribution is -0.139. The highest BCUT2D eigenvalue weighted by molar-refractivity contribution is 5.96. The normalized spacial score (nSPS) is 14.8. The smallest absolute Gasteiger partial charge is 0.408 e. The number of alkyl carbamates (subject to hydrolysis) is 1. The fourth-order valence-corrected chi connectivity index (χ4v) is 1.86. The van der Waals surface area contributed by atoms with Crippen LogP contribution in [0.2, 0.25) is 0 Å². The Kier molecular flexibility index (Phi) is 7.65. The first-order chi connectivity index (χ1) is 11.7. The first kappa shape index (κ1) is 20.2. The molecule has 0 spiro atoms. The van der Waals surface area contributed by atoms with Crippen LogP contribution >= 0.6 is 0 Å². The lowest BCUT2D eigenvalue weighted by Crippen LogP contribution is -2.45. The molecule has 2 amide bonds. The topological polar surface area (TPSA) is 105 Å². The second-order valence-corrected chi connectivity index (χ2v) is 6.33. The molecular weight excluding hydrogens is 324 g/mol. The predicted molar refractivity (Wildman–Crippen MR) is 93.9 cm³/mol. The first-order valence-electron chi connectivity index (χ1n) is 7.91. The van der Waals surface area contributed by atoms with E-state index in [-0.39, 0.29) is 18.9 Å². The SMILES string of the molecule is CC(C)(C)OC(=O)NC(CCNC(=O)C1=CC=CC=CC=C1)C(=O)O. The molecule has 0 saturated carbocycles. The number of allylic oxidation sites excluding steroid dienone is 6. The van der Waals surface area contributed by atoms with Gasteiger partial charge in [0.15, 0.2) is 0 Å². The Morgan fingerprint density at radius 2 is 1.76 bits per heavy atom. The van der Waals surface area contributed by atoms with Crippen molar-refractivity contribution < 1.29 is 24.2 Å². The molecule has 0 heterocycles. The number of ether oxygens (including phenoxy) is 1. The number of carbonyl (C=O) groups excluding carboxylic acids is 2. The molecule has 1 rings (SSSR count). The molecule has 0 fully saturated rings. The molecule has 0 bridgehead atoms. The van der Waals surface area contributed by atoms with Gasteiger partial charge in [0.05, 0.1) is 0 Å². The van der Waals surface area contributed by atoms with Crippen LogP contribution in [0.5, 0.6) is 0 Å². The van der Waals surface area contributed by atoms with Crippen molar-refractivity contribution in [3.8, 4) is 0 Å². The number of carboxylic acids is 1. The molecular formula is C18H24N2O5. The van der Waals surface area contributed by atoms with Crippen molar-refractivity contribution in [1.29, 1.82) is 0 Å². The van der Waals surface area contributed by atoms with Gasteiger partial charge in [-0.05, 0) is 39.3 Å². The van der Waals surface area contributed by atoms with Crippen molar-refractivity contribution in [2.75, 3.05) is 6.54 Å². The summed E-state index contributed by atoms with van der Waals surface area (Å²) in [7, 11) is 0. The van der Waals surface area contributed by atoms with Gasteiger partial charge in [-0.3, -0.25) is 4.79 Å². The van der Waals surface area contributed by atoms with E-state index in [9.17, 15) is 19.5 Å². The van der Waals surface area contributed by atoms with Gasteiger partial charge < -0.3 is 20.5 Å². The molecule has 0 aromatic carbocycles. The van der Waals surface area contributed by atoms with Gasteiger partial charge in [0.1, 0.15) is 11.6 Å². The number of nitrogens with one attached hydrogen (secondary N) is 2. The molecule has 0 aromatic rings. The minimum atomic E-state index is -1.20. The largest absolute Gasteiger partial charge is 0.480 e. The van der Waals surface area contributed by atoms with E-state index in [1.807, 2.05) is 6.08 Å². The van der Waals surface area contributed by atoms with Gasteiger partial charge in [-0.25, -0.2) is 9.59 Å². The molecule has 136 valence electrons. The number of amides is 2. The van der Waals surface area contributed by atoms with Crippen LogP contribution in [0, 0.1) is 0 Å². The van der Waals surface area contributed by atoms with Crippen molar-refractivity contribution in [3.05, 3.63) is 48.1 Å². The standard InChI is InChI=1S/C18H24N2O5/c1-18(2,3)25-17(24)20-14(16(22)23)11-12-19-15(21)13-9-7-5-4-6-8-10-13/h4-10,14H,11-12H2,1-3H3,(H,19,21)(H,20,24)(H,22,23). The van der Waals surface area contributed by atoms with Crippen molar-refractivity contribution in [3.63, 3.8) is 0 Å². The lowest BCUT2D eigenvalue weighted by Gasteiger charge is -2.22. The third kappa shape index (κ3) is 8.55. The quantitative estimate of drug-likeness (QED) is 0.682. The zero-order valence-corrected chi connectivity index (χ0v) is 14.6. The fourth-order valence-electron chi connectivity index (χ4n) is 1.86. The van der Waals surface area contributed by atoms with E-state index in [2.05, 4.69) is 10.6 Å². The summed E-state index contributed by atoms with van der Waals surface area (Å²) in [5, 5.41) is 14.1. The molecule has 1 unspecified atom stereocenters. The Hall–Kier alpha value is -2.83. The predicted octanol–water partition coefficient (Wildman–Crippen LogP) is 2.08. The van der Waals surface area contributed by atoms with Gasteiger partial charge in [-0.2, -0.15) is 0 Å². The van der Waals surface area contributed by atoms with Gasteiger partial charge in [0, 0.05) is 12.1 Å². The number of aliphatic carboxylic acids is 1. The third-order valence-electron chi connectivity index (χ3n) is 2.97. The van der Waals surface area contributed by atoms with Crippen LogP contribution in [-0.4, -0.2) is 41.3 Å². The molecule has 1 aliphatic carbocycles. The van der Waals surface area contributed by atoms with E-state index >= 15 is 0 Å².